The van der Waals surface area contributed by atoms with Crippen molar-refractivity contribution < 1.29 is 4.79 Å². The molecule has 0 bridgehead atoms. The number of hydrogen-bond donors (Lipinski definition) is 0. The lowest BCUT2D eigenvalue weighted by Gasteiger charge is -2.23. The van der Waals surface area contributed by atoms with Crippen LogP contribution in [0, 0.1) is 0 Å². The molecule has 0 atom stereocenters. The Labute approximate surface area is 133 Å². The fourth-order valence-corrected chi connectivity index (χ4v) is 2.59. The fraction of sp³-hybridized carbons (Fsp3) is 0.316. The third kappa shape index (κ3) is 3.30. The van der Waals surface area contributed by atoms with E-state index in [0.29, 0.717) is 0 Å². The van der Waals surface area contributed by atoms with Gasteiger partial charge < -0.3 is 9.80 Å². The molecule has 116 valence electrons. The van der Waals surface area contributed by atoms with E-state index in [0.717, 1.165) is 35.5 Å². The molecule has 0 spiro atoms. The highest BCUT2D eigenvalue weighted by atomic mass is 16.2. The lowest BCUT2D eigenvalue weighted by Crippen LogP contribution is -2.31. The molecule has 2 aromatic rings. The number of carbonyl (C=O) groups is 1. The number of amides is 1. The van der Waals surface area contributed by atoms with Crippen LogP contribution in [0.1, 0.15) is 24.2 Å². The maximum absolute atomic E-state index is 12.8. The van der Waals surface area contributed by atoms with Gasteiger partial charge in [0, 0.05) is 32.9 Å². The van der Waals surface area contributed by atoms with E-state index < -0.39 is 0 Å². The summed E-state index contributed by atoms with van der Waals surface area (Å²) in [6.45, 7) is 5.46. The highest BCUT2D eigenvalue weighted by Gasteiger charge is 2.18. The van der Waals surface area contributed by atoms with Crippen molar-refractivity contribution in [2.75, 3.05) is 32.1 Å². The average molecular weight is 296 g/mol. The second-order valence-corrected chi connectivity index (χ2v) is 5.47. The minimum Gasteiger partial charge on any atom is -0.377 e. The number of nitrogens with zero attached hydrogens (tertiary/aromatic N) is 2. The van der Waals surface area contributed by atoms with Crippen molar-refractivity contribution in [3.63, 3.8) is 0 Å². The first-order valence-electron chi connectivity index (χ1n) is 7.74. The predicted octanol–water partition coefficient (Wildman–Crippen LogP) is 3.90. The molecular formula is C19H24N2O. The minimum atomic E-state index is 0.0893. The van der Waals surface area contributed by atoms with Crippen LogP contribution in [-0.4, -0.2) is 38.0 Å². The third-order valence-electron chi connectivity index (χ3n) is 3.87. The molecule has 0 unspecified atom stereocenters. The molecule has 3 heteroatoms. The van der Waals surface area contributed by atoms with E-state index in [4.69, 9.17) is 0 Å². The van der Waals surface area contributed by atoms with Crippen LogP contribution < -0.4 is 4.90 Å². The van der Waals surface area contributed by atoms with E-state index in [1.807, 2.05) is 68.1 Å². The van der Waals surface area contributed by atoms with Gasteiger partial charge in [-0.1, -0.05) is 36.4 Å². The minimum absolute atomic E-state index is 0.0893. The Hall–Kier alpha value is -2.29. The van der Waals surface area contributed by atoms with Crippen molar-refractivity contribution in [3.05, 3.63) is 54.1 Å². The number of hydrogen-bond acceptors (Lipinski definition) is 2. The summed E-state index contributed by atoms with van der Waals surface area (Å²) in [4.78, 5) is 16.7. The maximum atomic E-state index is 12.8. The zero-order chi connectivity index (χ0) is 16.1. The van der Waals surface area contributed by atoms with Crippen LogP contribution in [0.3, 0.4) is 0 Å². The van der Waals surface area contributed by atoms with Gasteiger partial charge in [-0.05, 0) is 37.1 Å². The summed E-state index contributed by atoms with van der Waals surface area (Å²) < 4.78 is 0. The molecule has 1 amide bonds. The van der Waals surface area contributed by atoms with Gasteiger partial charge in [0.2, 0.25) is 0 Å². The largest absolute Gasteiger partial charge is 0.377 e. The lowest BCUT2D eigenvalue weighted by molar-refractivity contribution is 0.0773. The molecule has 0 aliphatic heterocycles. The standard InChI is InChI=1S/C19H24N2O/c1-5-21(6-2)19(22)17-14-16(12-13-18(17)20(3)4)15-10-8-7-9-11-15/h7-14H,5-6H2,1-4H3. The molecule has 22 heavy (non-hydrogen) atoms. The molecule has 0 aliphatic carbocycles. The topological polar surface area (TPSA) is 23.6 Å². The van der Waals surface area contributed by atoms with Gasteiger partial charge in [-0.15, -0.1) is 0 Å². The summed E-state index contributed by atoms with van der Waals surface area (Å²) in [5.41, 5.74) is 3.91. The number of benzene rings is 2. The summed E-state index contributed by atoms with van der Waals surface area (Å²) >= 11 is 0. The molecule has 0 aromatic heterocycles. The Morgan fingerprint density at radius 1 is 0.909 bits per heavy atom. The van der Waals surface area contributed by atoms with Crippen LogP contribution >= 0.6 is 0 Å². The monoisotopic (exact) mass is 296 g/mol. The Kier molecular flexibility index (Phi) is 5.21. The lowest BCUT2D eigenvalue weighted by atomic mass is 10.0. The molecule has 2 rings (SSSR count). The zero-order valence-electron chi connectivity index (χ0n) is 13.8. The van der Waals surface area contributed by atoms with Gasteiger partial charge in [0.1, 0.15) is 0 Å². The van der Waals surface area contributed by atoms with Crippen molar-refractivity contribution in [2.45, 2.75) is 13.8 Å². The van der Waals surface area contributed by atoms with Crippen molar-refractivity contribution in [1.82, 2.24) is 4.90 Å². The molecule has 2 aromatic carbocycles. The molecule has 0 radical (unpaired) electrons. The zero-order valence-corrected chi connectivity index (χ0v) is 13.8. The number of anilines is 1. The quantitative estimate of drug-likeness (QED) is 0.835. The first kappa shape index (κ1) is 16.1. The van der Waals surface area contributed by atoms with Crippen LogP contribution in [0.4, 0.5) is 5.69 Å². The van der Waals surface area contributed by atoms with Crippen molar-refractivity contribution in [3.8, 4) is 11.1 Å². The van der Waals surface area contributed by atoms with Crippen LogP contribution in [0.15, 0.2) is 48.5 Å². The highest BCUT2D eigenvalue weighted by molar-refractivity contribution is 6.01. The van der Waals surface area contributed by atoms with E-state index in [1.54, 1.807) is 0 Å². The van der Waals surface area contributed by atoms with Crippen LogP contribution in [0.2, 0.25) is 0 Å². The molecule has 3 nitrogen and oxygen atoms in total. The molecule has 0 heterocycles. The van der Waals surface area contributed by atoms with E-state index >= 15 is 0 Å². The normalized spacial score (nSPS) is 10.4. The second-order valence-electron chi connectivity index (χ2n) is 5.47. The summed E-state index contributed by atoms with van der Waals surface area (Å²) in [5.74, 6) is 0.0893. The second kappa shape index (κ2) is 7.12. The first-order valence-corrected chi connectivity index (χ1v) is 7.74. The Bertz CT molecular complexity index is 631. The first-order chi connectivity index (χ1) is 10.6. The van der Waals surface area contributed by atoms with Crippen molar-refractivity contribution in [2.24, 2.45) is 0 Å². The Morgan fingerprint density at radius 2 is 1.55 bits per heavy atom. The van der Waals surface area contributed by atoms with Gasteiger partial charge in [0.05, 0.1) is 5.56 Å². The molecule has 0 aliphatic rings. The van der Waals surface area contributed by atoms with E-state index in [-0.39, 0.29) is 5.91 Å². The van der Waals surface area contributed by atoms with Gasteiger partial charge in [-0.25, -0.2) is 0 Å². The fourth-order valence-electron chi connectivity index (χ4n) is 2.59. The summed E-state index contributed by atoms with van der Waals surface area (Å²) in [6.07, 6.45) is 0. The van der Waals surface area contributed by atoms with Gasteiger partial charge in [-0.2, -0.15) is 0 Å². The smallest absolute Gasteiger partial charge is 0.255 e. The van der Waals surface area contributed by atoms with E-state index in [1.165, 1.54) is 0 Å². The summed E-state index contributed by atoms with van der Waals surface area (Å²) in [7, 11) is 3.94. The molecule has 0 saturated heterocycles. The van der Waals surface area contributed by atoms with Gasteiger partial charge in [0.25, 0.3) is 5.91 Å². The van der Waals surface area contributed by atoms with Gasteiger partial charge in [0.15, 0.2) is 0 Å². The SMILES string of the molecule is CCN(CC)C(=O)c1cc(-c2ccccc2)ccc1N(C)C. The predicted molar refractivity (Wildman–Crippen MR) is 93.5 cm³/mol. The highest BCUT2D eigenvalue weighted by Crippen LogP contribution is 2.27. The van der Waals surface area contributed by atoms with E-state index in [9.17, 15) is 4.79 Å². The number of rotatable bonds is 5. The maximum Gasteiger partial charge on any atom is 0.255 e. The molecule has 0 N–H and O–H groups in total. The molecular weight excluding hydrogens is 272 g/mol. The summed E-state index contributed by atoms with van der Waals surface area (Å²) in [6, 6.07) is 16.3. The van der Waals surface area contributed by atoms with Gasteiger partial charge in [-0.3, -0.25) is 4.79 Å². The average Bonchev–Trinajstić information content (AvgIpc) is 2.56. The Morgan fingerprint density at radius 3 is 2.09 bits per heavy atom. The van der Waals surface area contributed by atoms with Crippen molar-refractivity contribution in [1.29, 1.82) is 0 Å². The van der Waals surface area contributed by atoms with Crippen LogP contribution in [0.25, 0.3) is 11.1 Å². The van der Waals surface area contributed by atoms with Gasteiger partial charge >= 0.3 is 0 Å². The van der Waals surface area contributed by atoms with Crippen LogP contribution in [0.5, 0.6) is 0 Å². The summed E-state index contributed by atoms with van der Waals surface area (Å²) in [5, 5.41) is 0. The number of carbonyl (C=O) groups excluding carboxylic acids is 1. The molecule has 0 saturated carbocycles. The third-order valence-corrected chi connectivity index (χ3v) is 3.87. The van der Waals surface area contributed by atoms with Crippen LogP contribution in [-0.2, 0) is 0 Å². The molecule has 0 fully saturated rings. The van der Waals surface area contributed by atoms with E-state index in [2.05, 4.69) is 18.2 Å². The van der Waals surface area contributed by atoms with Crippen molar-refractivity contribution >= 4 is 11.6 Å². The Balaban J connectivity index is 2.51.